The SMILES string of the molecule is COc1cc(-c2nc(C3CNCCN3C)no2)cc(NS(C)(=O)=O)c1OC.Cl. The van der Waals surface area contributed by atoms with Gasteiger partial charge in [0.2, 0.25) is 10.0 Å². The third-order valence-corrected chi connectivity index (χ3v) is 4.86. The minimum atomic E-state index is -3.52. The maximum absolute atomic E-state index is 11.7. The van der Waals surface area contributed by atoms with E-state index < -0.39 is 10.0 Å². The largest absolute Gasteiger partial charge is 0.493 e. The molecule has 0 bridgehead atoms. The number of sulfonamides is 1. The van der Waals surface area contributed by atoms with Gasteiger partial charge in [-0.1, -0.05) is 5.16 Å². The molecule has 1 atom stereocenters. The van der Waals surface area contributed by atoms with E-state index in [0.717, 1.165) is 25.9 Å². The summed E-state index contributed by atoms with van der Waals surface area (Å²) in [7, 11) is 1.38. The lowest BCUT2D eigenvalue weighted by Gasteiger charge is -2.30. The number of anilines is 1. The van der Waals surface area contributed by atoms with Gasteiger partial charge < -0.3 is 19.3 Å². The predicted molar refractivity (Wildman–Crippen MR) is 107 cm³/mol. The molecule has 1 aliphatic heterocycles. The molecule has 1 aromatic carbocycles. The maximum atomic E-state index is 11.7. The molecule has 156 valence electrons. The molecule has 1 saturated heterocycles. The molecule has 2 N–H and O–H groups in total. The third kappa shape index (κ3) is 4.85. The van der Waals surface area contributed by atoms with Crippen molar-refractivity contribution in [3.05, 3.63) is 18.0 Å². The maximum Gasteiger partial charge on any atom is 0.258 e. The second kappa shape index (κ2) is 8.95. The van der Waals surface area contributed by atoms with Crippen LogP contribution < -0.4 is 19.5 Å². The van der Waals surface area contributed by atoms with Crippen LogP contribution in [-0.2, 0) is 10.0 Å². The number of nitrogens with one attached hydrogen (secondary N) is 2. The number of methoxy groups -OCH3 is 2. The lowest BCUT2D eigenvalue weighted by Crippen LogP contribution is -2.44. The monoisotopic (exact) mass is 433 g/mol. The van der Waals surface area contributed by atoms with Crippen molar-refractivity contribution < 1.29 is 22.4 Å². The molecule has 3 rings (SSSR count). The predicted octanol–water partition coefficient (Wildman–Crippen LogP) is 1.12. The molecule has 1 aliphatic rings. The van der Waals surface area contributed by atoms with E-state index in [9.17, 15) is 8.42 Å². The van der Waals surface area contributed by atoms with E-state index in [1.165, 1.54) is 14.2 Å². The number of rotatable bonds is 6. The van der Waals surface area contributed by atoms with Gasteiger partial charge in [-0.3, -0.25) is 9.62 Å². The molecule has 2 aromatic rings. The van der Waals surface area contributed by atoms with E-state index in [4.69, 9.17) is 14.0 Å². The van der Waals surface area contributed by atoms with Crippen LogP contribution in [0.3, 0.4) is 0 Å². The van der Waals surface area contributed by atoms with E-state index in [0.29, 0.717) is 17.1 Å². The van der Waals surface area contributed by atoms with Gasteiger partial charge in [0.05, 0.1) is 32.2 Å². The summed E-state index contributed by atoms with van der Waals surface area (Å²) in [4.78, 5) is 6.64. The normalized spacial score (nSPS) is 17.6. The summed E-state index contributed by atoms with van der Waals surface area (Å²) in [5, 5.41) is 7.39. The summed E-state index contributed by atoms with van der Waals surface area (Å²) in [5.41, 5.74) is 0.745. The smallest absolute Gasteiger partial charge is 0.258 e. The number of nitrogens with zero attached hydrogens (tertiary/aromatic N) is 3. The summed E-state index contributed by atoms with van der Waals surface area (Å²) >= 11 is 0. The standard InChI is InChI=1S/C16H23N5O5S.ClH/c1-21-6-5-17-9-12(21)15-18-16(26-19-15)10-7-11(20-27(4,22)23)14(25-3)13(8-10)24-2;/h7-8,12,17,20H,5-6,9H2,1-4H3;1H. The average molecular weight is 434 g/mol. The van der Waals surface area contributed by atoms with Crippen molar-refractivity contribution in [1.82, 2.24) is 20.4 Å². The minimum Gasteiger partial charge on any atom is -0.493 e. The molecule has 12 heteroatoms. The molecule has 0 saturated carbocycles. The van der Waals surface area contributed by atoms with E-state index >= 15 is 0 Å². The van der Waals surface area contributed by atoms with E-state index in [2.05, 4.69) is 25.1 Å². The van der Waals surface area contributed by atoms with Crippen LogP contribution in [0.5, 0.6) is 11.5 Å². The van der Waals surface area contributed by atoms with Gasteiger partial charge in [0, 0.05) is 25.2 Å². The molecular weight excluding hydrogens is 410 g/mol. The molecule has 0 amide bonds. The second-order valence-electron chi connectivity index (χ2n) is 6.29. The van der Waals surface area contributed by atoms with Gasteiger partial charge in [-0.25, -0.2) is 8.42 Å². The van der Waals surface area contributed by atoms with Crippen LogP contribution in [0.25, 0.3) is 11.5 Å². The van der Waals surface area contributed by atoms with Gasteiger partial charge in [-0.05, 0) is 19.2 Å². The summed E-state index contributed by atoms with van der Waals surface area (Å²) < 4.78 is 41.8. The molecular formula is C16H24ClN5O5S. The highest BCUT2D eigenvalue weighted by Crippen LogP contribution is 2.40. The molecule has 1 unspecified atom stereocenters. The fourth-order valence-electron chi connectivity index (χ4n) is 2.95. The Hall–Kier alpha value is -2.08. The Morgan fingerprint density at radius 3 is 2.68 bits per heavy atom. The van der Waals surface area contributed by atoms with Crippen LogP contribution in [-0.4, -0.2) is 70.6 Å². The van der Waals surface area contributed by atoms with Crippen molar-refractivity contribution in [2.45, 2.75) is 6.04 Å². The Labute approximate surface area is 170 Å². The van der Waals surface area contributed by atoms with Crippen LogP contribution in [0.2, 0.25) is 0 Å². The summed E-state index contributed by atoms with van der Waals surface area (Å²) in [5.74, 6) is 1.44. The van der Waals surface area contributed by atoms with Crippen LogP contribution in [0.1, 0.15) is 11.9 Å². The van der Waals surface area contributed by atoms with Crippen molar-refractivity contribution in [3.8, 4) is 23.0 Å². The van der Waals surface area contributed by atoms with Crippen molar-refractivity contribution in [2.75, 3.05) is 51.9 Å². The average Bonchev–Trinajstić information content (AvgIpc) is 3.10. The van der Waals surface area contributed by atoms with Gasteiger partial charge in [-0.15, -0.1) is 12.4 Å². The Kier molecular flexibility index (Phi) is 7.10. The Morgan fingerprint density at radius 1 is 1.32 bits per heavy atom. The van der Waals surface area contributed by atoms with E-state index in [1.54, 1.807) is 12.1 Å². The number of aromatic nitrogens is 2. The van der Waals surface area contributed by atoms with Gasteiger partial charge in [-0.2, -0.15) is 4.98 Å². The fraction of sp³-hybridized carbons (Fsp3) is 0.500. The highest BCUT2D eigenvalue weighted by molar-refractivity contribution is 7.92. The molecule has 1 aromatic heterocycles. The number of likely N-dealkylation sites (N-methyl/N-ethyl adjacent to an activating group) is 1. The number of ether oxygens (including phenoxy) is 2. The summed E-state index contributed by atoms with van der Waals surface area (Å²) in [6.45, 7) is 2.52. The van der Waals surface area contributed by atoms with Crippen LogP contribution in [0.15, 0.2) is 16.7 Å². The summed E-state index contributed by atoms with van der Waals surface area (Å²) in [6, 6.07) is 3.24. The fourth-order valence-corrected chi connectivity index (χ4v) is 3.50. The Balaban J connectivity index is 0.00000280. The zero-order valence-electron chi connectivity index (χ0n) is 16.1. The van der Waals surface area contributed by atoms with E-state index in [1.807, 2.05) is 7.05 Å². The van der Waals surface area contributed by atoms with Crippen LogP contribution in [0, 0.1) is 0 Å². The number of halogens is 1. The van der Waals surface area contributed by atoms with Crippen molar-refractivity contribution in [2.24, 2.45) is 0 Å². The lowest BCUT2D eigenvalue weighted by atomic mass is 10.1. The van der Waals surface area contributed by atoms with Gasteiger partial charge in [0.25, 0.3) is 5.89 Å². The quantitative estimate of drug-likeness (QED) is 0.690. The Bertz CT molecular complexity index is 920. The number of hydrogen-bond donors (Lipinski definition) is 2. The first-order valence-electron chi connectivity index (χ1n) is 8.31. The topological polar surface area (TPSA) is 119 Å². The molecule has 0 radical (unpaired) electrons. The highest BCUT2D eigenvalue weighted by Gasteiger charge is 2.26. The Morgan fingerprint density at radius 2 is 2.07 bits per heavy atom. The molecule has 10 nitrogen and oxygen atoms in total. The first-order valence-corrected chi connectivity index (χ1v) is 10.2. The zero-order valence-corrected chi connectivity index (χ0v) is 17.7. The molecule has 0 aliphatic carbocycles. The molecule has 0 spiro atoms. The summed E-state index contributed by atoms with van der Waals surface area (Å²) in [6.07, 6.45) is 1.06. The van der Waals surface area contributed by atoms with Crippen molar-refractivity contribution >= 4 is 28.1 Å². The third-order valence-electron chi connectivity index (χ3n) is 4.27. The molecule has 2 heterocycles. The first kappa shape index (κ1) is 22.2. The molecule has 1 fully saturated rings. The lowest BCUT2D eigenvalue weighted by molar-refractivity contribution is 0.190. The van der Waals surface area contributed by atoms with Crippen LogP contribution in [0.4, 0.5) is 5.69 Å². The van der Waals surface area contributed by atoms with Crippen molar-refractivity contribution in [3.63, 3.8) is 0 Å². The number of benzene rings is 1. The van der Waals surface area contributed by atoms with Gasteiger partial charge >= 0.3 is 0 Å². The highest BCUT2D eigenvalue weighted by atomic mass is 35.5. The van der Waals surface area contributed by atoms with Gasteiger partial charge in [0.1, 0.15) is 0 Å². The molecule has 28 heavy (non-hydrogen) atoms. The van der Waals surface area contributed by atoms with Gasteiger partial charge in [0.15, 0.2) is 17.3 Å². The minimum absolute atomic E-state index is 0. The second-order valence-corrected chi connectivity index (χ2v) is 8.04. The van der Waals surface area contributed by atoms with Crippen molar-refractivity contribution in [1.29, 1.82) is 0 Å². The van der Waals surface area contributed by atoms with E-state index in [-0.39, 0.29) is 35.8 Å². The van der Waals surface area contributed by atoms with Crippen LogP contribution >= 0.6 is 12.4 Å². The zero-order chi connectivity index (χ0) is 19.6. The first-order chi connectivity index (χ1) is 12.8. The number of piperazine rings is 1. The number of hydrogen-bond acceptors (Lipinski definition) is 9.